The van der Waals surface area contributed by atoms with Gasteiger partial charge in [0.2, 0.25) is 0 Å². The summed E-state index contributed by atoms with van der Waals surface area (Å²) in [5.41, 5.74) is 0.661. The van der Waals surface area contributed by atoms with Crippen molar-refractivity contribution >= 4 is 11.6 Å². The summed E-state index contributed by atoms with van der Waals surface area (Å²) in [5, 5.41) is 0. The van der Waals surface area contributed by atoms with Gasteiger partial charge in [-0.15, -0.1) is 0 Å². The molecule has 2 heteroatoms. The molecule has 21 heavy (non-hydrogen) atoms. The van der Waals surface area contributed by atoms with Crippen LogP contribution in [0.15, 0.2) is 12.2 Å². The van der Waals surface area contributed by atoms with Gasteiger partial charge in [-0.05, 0) is 73.2 Å². The average molecular weight is 284 g/mol. The van der Waals surface area contributed by atoms with Crippen LogP contribution < -0.4 is 0 Å². The first-order valence-electron chi connectivity index (χ1n) is 8.76. The van der Waals surface area contributed by atoms with Gasteiger partial charge in [-0.3, -0.25) is 9.59 Å². The lowest BCUT2D eigenvalue weighted by molar-refractivity contribution is -0.132. The summed E-state index contributed by atoms with van der Waals surface area (Å²) in [6.07, 6.45) is 13.0. The van der Waals surface area contributed by atoms with E-state index in [1.54, 1.807) is 0 Å². The van der Waals surface area contributed by atoms with Gasteiger partial charge in [0.05, 0.1) is 0 Å². The summed E-state index contributed by atoms with van der Waals surface area (Å²) in [6, 6.07) is 0. The van der Waals surface area contributed by atoms with E-state index in [9.17, 15) is 9.59 Å². The van der Waals surface area contributed by atoms with Crippen LogP contribution >= 0.6 is 0 Å². The van der Waals surface area contributed by atoms with Crippen LogP contribution in [-0.4, -0.2) is 11.6 Å². The zero-order valence-electron chi connectivity index (χ0n) is 12.9. The second-order valence-electron chi connectivity index (χ2n) is 8.81. The number of hydrogen-bond donors (Lipinski definition) is 0. The summed E-state index contributed by atoms with van der Waals surface area (Å²) in [7, 11) is 0. The molecule has 5 aliphatic rings. The number of carbonyl (C=O) groups is 2. The predicted octanol–water partition coefficient (Wildman–Crippen LogP) is 3.70. The van der Waals surface area contributed by atoms with Gasteiger partial charge in [-0.25, -0.2) is 0 Å². The molecule has 0 aromatic carbocycles. The SMILES string of the molecule is C[C@]12CC[C@H]3[C@@H](CCC45CC(=O)C=C[C@]34C5)[C@@H]1CCC2=O. The second-order valence-corrected chi connectivity index (χ2v) is 8.81. The number of hydrogen-bond acceptors (Lipinski definition) is 2. The molecule has 4 fully saturated rings. The maximum atomic E-state index is 12.4. The van der Waals surface area contributed by atoms with Crippen LogP contribution in [0.25, 0.3) is 0 Å². The van der Waals surface area contributed by atoms with Gasteiger partial charge >= 0.3 is 0 Å². The molecule has 0 aromatic heterocycles. The molecular formula is C19H24O2. The third-order valence-electron chi connectivity index (χ3n) is 8.34. The molecular weight excluding hydrogens is 260 g/mol. The van der Waals surface area contributed by atoms with Crippen molar-refractivity contribution < 1.29 is 9.59 Å². The van der Waals surface area contributed by atoms with Gasteiger partial charge in [-0.2, -0.15) is 0 Å². The summed E-state index contributed by atoms with van der Waals surface area (Å²) in [4.78, 5) is 24.2. The van der Waals surface area contributed by atoms with Crippen LogP contribution in [-0.2, 0) is 9.59 Å². The van der Waals surface area contributed by atoms with Crippen molar-refractivity contribution in [3.05, 3.63) is 12.2 Å². The quantitative estimate of drug-likeness (QED) is 0.679. The van der Waals surface area contributed by atoms with Crippen molar-refractivity contribution in [1.29, 1.82) is 0 Å². The smallest absolute Gasteiger partial charge is 0.155 e. The normalized spacial score (nSPS) is 57.3. The summed E-state index contributed by atoms with van der Waals surface area (Å²) in [5.74, 6) is 3.00. The molecule has 1 unspecified atom stereocenters. The minimum Gasteiger partial charge on any atom is -0.299 e. The van der Waals surface area contributed by atoms with Crippen LogP contribution in [0.3, 0.4) is 0 Å². The van der Waals surface area contributed by atoms with Crippen molar-refractivity contribution in [3.63, 3.8) is 0 Å². The largest absolute Gasteiger partial charge is 0.299 e. The maximum absolute atomic E-state index is 12.4. The van der Waals surface area contributed by atoms with Crippen LogP contribution in [0, 0.1) is 34.0 Å². The van der Waals surface area contributed by atoms with E-state index in [4.69, 9.17) is 0 Å². The van der Waals surface area contributed by atoms with E-state index >= 15 is 0 Å². The molecule has 0 N–H and O–H groups in total. The minimum atomic E-state index is -0.0130. The molecule has 0 radical (unpaired) electrons. The lowest BCUT2D eigenvalue weighted by Crippen LogP contribution is -2.48. The van der Waals surface area contributed by atoms with Gasteiger partial charge in [0, 0.05) is 18.3 Å². The number of carbonyl (C=O) groups excluding carboxylic acids is 2. The van der Waals surface area contributed by atoms with Gasteiger partial charge < -0.3 is 0 Å². The highest BCUT2D eigenvalue weighted by molar-refractivity contribution is 5.92. The predicted molar refractivity (Wildman–Crippen MR) is 79.5 cm³/mol. The zero-order chi connectivity index (χ0) is 14.5. The van der Waals surface area contributed by atoms with E-state index in [1.807, 2.05) is 6.08 Å². The number of ketones is 2. The Morgan fingerprint density at radius 1 is 1.10 bits per heavy atom. The van der Waals surface area contributed by atoms with Gasteiger partial charge in [0.15, 0.2) is 5.78 Å². The molecule has 112 valence electrons. The fourth-order valence-electron chi connectivity index (χ4n) is 7.21. The Hall–Kier alpha value is -0.920. The Bertz CT molecular complexity index is 590. The molecule has 5 rings (SSSR count). The molecule has 0 bridgehead atoms. The first-order chi connectivity index (χ1) is 10.0. The lowest BCUT2D eigenvalue weighted by Gasteiger charge is -2.52. The summed E-state index contributed by atoms with van der Waals surface area (Å²) in [6.45, 7) is 2.25. The Morgan fingerprint density at radius 2 is 1.95 bits per heavy atom. The Balaban J connectivity index is 1.54. The molecule has 0 heterocycles. The van der Waals surface area contributed by atoms with Crippen molar-refractivity contribution in [2.75, 3.05) is 0 Å². The van der Waals surface area contributed by atoms with Crippen molar-refractivity contribution in [1.82, 2.24) is 0 Å². The number of allylic oxidation sites excluding steroid dienone is 2. The fourth-order valence-corrected chi connectivity index (χ4v) is 7.21. The van der Waals surface area contributed by atoms with Crippen LogP contribution in [0.4, 0.5) is 0 Å². The van der Waals surface area contributed by atoms with Gasteiger partial charge in [0.25, 0.3) is 0 Å². The third kappa shape index (κ3) is 1.27. The van der Waals surface area contributed by atoms with Crippen LogP contribution in [0.5, 0.6) is 0 Å². The number of fused-ring (bicyclic) bond motifs is 3. The maximum Gasteiger partial charge on any atom is 0.155 e. The van der Waals surface area contributed by atoms with Crippen LogP contribution in [0.1, 0.15) is 58.3 Å². The number of rotatable bonds is 0. The highest BCUT2D eigenvalue weighted by Crippen LogP contribution is 2.81. The van der Waals surface area contributed by atoms with E-state index < -0.39 is 0 Å². The molecule has 0 saturated heterocycles. The molecule has 0 aliphatic heterocycles. The van der Waals surface area contributed by atoms with Crippen molar-refractivity contribution in [3.8, 4) is 0 Å². The number of Topliss-reactive ketones (excluding diaryl/α,β-unsaturated/α-hetero) is 1. The van der Waals surface area contributed by atoms with Crippen molar-refractivity contribution in [2.24, 2.45) is 34.0 Å². The van der Waals surface area contributed by atoms with E-state index in [0.29, 0.717) is 28.3 Å². The molecule has 5 aliphatic carbocycles. The van der Waals surface area contributed by atoms with E-state index in [2.05, 4.69) is 13.0 Å². The first-order valence-corrected chi connectivity index (χ1v) is 8.76. The first kappa shape index (κ1) is 12.6. The zero-order valence-corrected chi connectivity index (χ0v) is 12.9. The Morgan fingerprint density at radius 3 is 2.81 bits per heavy atom. The van der Waals surface area contributed by atoms with E-state index in [-0.39, 0.29) is 5.41 Å². The molecule has 6 atom stereocenters. The Kier molecular flexibility index (Phi) is 2.11. The topological polar surface area (TPSA) is 34.1 Å². The minimum absolute atomic E-state index is 0.0130. The molecule has 0 amide bonds. The van der Waals surface area contributed by atoms with Gasteiger partial charge in [0.1, 0.15) is 5.78 Å². The monoisotopic (exact) mass is 284 g/mol. The van der Waals surface area contributed by atoms with E-state index in [0.717, 1.165) is 37.5 Å². The molecule has 4 saturated carbocycles. The average Bonchev–Trinajstić information content (AvgIpc) is 3.05. The third-order valence-corrected chi connectivity index (χ3v) is 8.34. The van der Waals surface area contributed by atoms with Gasteiger partial charge in [-0.1, -0.05) is 13.0 Å². The molecule has 2 nitrogen and oxygen atoms in total. The highest BCUT2D eigenvalue weighted by atomic mass is 16.1. The molecule has 0 spiro atoms. The molecule has 0 aromatic rings. The lowest BCUT2D eigenvalue weighted by atomic mass is 9.51. The standard InChI is InChI=1S/C19H24O2/c1-17-7-6-15-13(14(17)2-3-16(17)21)5-8-18-10-12(20)4-9-19(15,18)11-18/h4,9,13-15H,2-3,5-8,10-11H2,1H3/t13-,14-,15-,17-,18?,19-/m0/s1. The van der Waals surface area contributed by atoms with Crippen molar-refractivity contribution in [2.45, 2.75) is 58.3 Å². The van der Waals surface area contributed by atoms with Crippen LogP contribution in [0.2, 0.25) is 0 Å². The fraction of sp³-hybridized carbons (Fsp3) is 0.789. The van der Waals surface area contributed by atoms with E-state index in [1.165, 1.54) is 25.7 Å². The second kappa shape index (κ2) is 3.52. The Labute approximate surface area is 126 Å². The summed E-state index contributed by atoms with van der Waals surface area (Å²) < 4.78 is 0. The highest BCUT2D eigenvalue weighted by Gasteiger charge is 2.74. The summed E-state index contributed by atoms with van der Waals surface area (Å²) >= 11 is 0.